The molecule has 0 amide bonds. The topological polar surface area (TPSA) is 45.6 Å². The molecule has 1 aliphatic heterocycles. The number of hydrogen-bond donors (Lipinski definition) is 1. The van der Waals surface area contributed by atoms with Crippen LogP contribution in [0, 0.1) is 0 Å². The van der Waals surface area contributed by atoms with Crippen molar-refractivity contribution in [2.24, 2.45) is 0 Å². The van der Waals surface area contributed by atoms with E-state index >= 15 is 0 Å². The van der Waals surface area contributed by atoms with Gasteiger partial charge in [-0.3, -0.25) is 4.98 Å². The quantitative estimate of drug-likeness (QED) is 0.938. The Hall–Kier alpha value is -1.81. The molecule has 21 heavy (non-hydrogen) atoms. The largest absolute Gasteiger partial charge is 0.488 e. The summed E-state index contributed by atoms with van der Waals surface area (Å²) in [5.41, 5.74) is 2.05. The number of aromatic nitrogens is 1. The molecule has 1 aromatic carbocycles. The van der Waals surface area contributed by atoms with Crippen LogP contribution in [-0.4, -0.2) is 35.9 Å². The van der Waals surface area contributed by atoms with E-state index in [2.05, 4.69) is 22.0 Å². The molecule has 0 aliphatic carbocycles. The van der Waals surface area contributed by atoms with Crippen LogP contribution < -0.4 is 9.64 Å². The Morgan fingerprint density at radius 1 is 1.24 bits per heavy atom. The van der Waals surface area contributed by atoms with Crippen molar-refractivity contribution < 1.29 is 9.84 Å². The number of nitrogens with zero attached hydrogens (tertiary/aromatic N) is 2. The summed E-state index contributed by atoms with van der Waals surface area (Å²) < 4.78 is 5.93. The Kier molecular flexibility index (Phi) is 4.25. The number of hydrogen-bond acceptors (Lipinski definition) is 4. The zero-order valence-electron chi connectivity index (χ0n) is 12.5. The summed E-state index contributed by atoms with van der Waals surface area (Å²) in [5, 5.41) is 10.5. The van der Waals surface area contributed by atoms with Crippen LogP contribution in [0.5, 0.6) is 5.75 Å². The van der Waals surface area contributed by atoms with Gasteiger partial charge in [0.25, 0.3) is 0 Å². The number of ether oxygens (including phenoxy) is 1. The van der Waals surface area contributed by atoms with Crippen molar-refractivity contribution in [2.75, 3.05) is 24.6 Å². The van der Waals surface area contributed by atoms with E-state index in [1.165, 1.54) is 19.3 Å². The van der Waals surface area contributed by atoms with Crippen LogP contribution in [0.4, 0.5) is 5.69 Å². The van der Waals surface area contributed by atoms with Gasteiger partial charge in [-0.15, -0.1) is 0 Å². The average molecular weight is 286 g/mol. The SMILES string of the molecule is CC(O)COc1c(N2CCCCC2)ccc2ncccc12. The zero-order chi connectivity index (χ0) is 14.7. The monoisotopic (exact) mass is 286 g/mol. The van der Waals surface area contributed by atoms with Gasteiger partial charge >= 0.3 is 0 Å². The van der Waals surface area contributed by atoms with Crippen LogP contribution in [0.3, 0.4) is 0 Å². The number of rotatable bonds is 4. The normalized spacial score (nSPS) is 17.0. The summed E-state index contributed by atoms with van der Waals surface area (Å²) >= 11 is 0. The second kappa shape index (κ2) is 6.31. The lowest BCUT2D eigenvalue weighted by Crippen LogP contribution is -2.30. The summed E-state index contributed by atoms with van der Waals surface area (Å²) in [6.07, 6.45) is 5.06. The molecule has 0 spiro atoms. The average Bonchev–Trinajstić information content (AvgIpc) is 2.53. The first kappa shape index (κ1) is 14.1. The molecule has 112 valence electrons. The van der Waals surface area contributed by atoms with E-state index in [1.807, 2.05) is 12.1 Å². The van der Waals surface area contributed by atoms with Gasteiger partial charge < -0.3 is 14.7 Å². The third-order valence-corrected chi connectivity index (χ3v) is 3.88. The first-order chi connectivity index (χ1) is 10.3. The minimum atomic E-state index is -0.480. The smallest absolute Gasteiger partial charge is 0.152 e. The summed E-state index contributed by atoms with van der Waals surface area (Å²) in [6.45, 7) is 4.17. The lowest BCUT2D eigenvalue weighted by molar-refractivity contribution is 0.124. The van der Waals surface area contributed by atoms with Crippen LogP contribution in [0.2, 0.25) is 0 Å². The zero-order valence-corrected chi connectivity index (χ0v) is 12.5. The predicted octanol–water partition coefficient (Wildman–Crippen LogP) is 2.98. The third-order valence-electron chi connectivity index (χ3n) is 3.88. The Balaban J connectivity index is 2.02. The van der Waals surface area contributed by atoms with E-state index in [0.29, 0.717) is 6.61 Å². The molecule has 1 atom stereocenters. The fraction of sp³-hybridized carbons (Fsp3) is 0.471. The maximum atomic E-state index is 9.53. The van der Waals surface area contributed by atoms with Crippen molar-refractivity contribution in [3.63, 3.8) is 0 Å². The molecule has 3 rings (SSSR count). The molecular formula is C17H22N2O2. The van der Waals surface area contributed by atoms with Gasteiger partial charge in [-0.1, -0.05) is 0 Å². The number of benzene rings is 1. The molecule has 4 heteroatoms. The number of piperidine rings is 1. The van der Waals surface area contributed by atoms with Crippen LogP contribution in [-0.2, 0) is 0 Å². The Morgan fingerprint density at radius 2 is 2.05 bits per heavy atom. The van der Waals surface area contributed by atoms with E-state index in [9.17, 15) is 5.11 Å². The Bertz CT molecular complexity index is 607. The summed E-state index contributed by atoms with van der Waals surface area (Å²) in [7, 11) is 0. The van der Waals surface area contributed by atoms with Crippen molar-refractivity contribution in [3.8, 4) is 5.75 Å². The van der Waals surface area contributed by atoms with E-state index in [1.54, 1.807) is 13.1 Å². The molecule has 1 N–H and O–H groups in total. The maximum Gasteiger partial charge on any atom is 0.152 e. The molecule has 1 fully saturated rings. The number of aliphatic hydroxyl groups excluding tert-OH is 1. The molecule has 0 radical (unpaired) electrons. The van der Waals surface area contributed by atoms with Gasteiger partial charge in [-0.25, -0.2) is 0 Å². The van der Waals surface area contributed by atoms with E-state index in [-0.39, 0.29) is 0 Å². The minimum Gasteiger partial charge on any atom is -0.488 e. The van der Waals surface area contributed by atoms with Gasteiger partial charge in [0.1, 0.15) is 6.61 Å². The molecular weight excluding hydrogens is 264 g/mol. The number of fused-ring (bicyclic) bond motifs is 1. The van der Waals surface area contributed by atoms with E-state index in [0.717, 1.165) is 35.4 Å². The van der Waals surface area contributed by atoms with Crippen molar-refractivity contribution in [2.45, 2.75) is 32.3 Å². The van der Waals surface area contributed by atoms with Crippen LogP contribution in [0.25, 0.3) is 10.9 Å². The van der Waals surface area contributed by atoms with Gasteiger partial charge in [0.15, 0.2) is 5.75 Å². The van der Waals surface area contributed by atoms with Crippen LogP contribution in [0.15, 0.2) is 30.5 Å². The third kappa shape index (κ3) is 3.10. The molecule has 4 nitrogen and oxygen atoms in total. The molecule has 1 aliphatic rings. The molecule has 1 saturated heterocycles. The number of aliphatic hydroxyl groups is 1. The van der Waals surface area contributed by atoms with Gasteiger partial charge in [0, 0.05) is 24.7 Å². The fourth-order valence-corrected chi connectivity index (χ4v) is 2.85. The fourth-order valence-electron chi connectivity index (χ4n) is 2.85. The second-order valence-corrected chi connectivity index (χ2v) is 5.69. The second-order valence-electron chi connectivity index (χ2n) is 5.69. The molecule has 1 aromatic heterocycles. The van der Waals surface area contributed by atoms with Crippen molar-refractivity contribution in [1.82, 2.24) is 4.98 Å². The van der Waals surface area contributed by atoms with Crippen LogP contribution >= 0.6 is 0 Å². The van der Waals surface area contributed by atoms with E-state index in [4.69, 9.17) is 4.74 Å². The van der Waals surface area contributed by atoms with Crippen LogP contribution in [0.1, 0.15) is 26.2 Å². The maximum absolute atomic E-state index is 9.53. The van der Waals surface area contributed by atoms with Crippen molar-refractivity contribution in [3.05, 3.63) is 30.5 Å². The molecule has 1 unspecified atom stereocenters. The standard InChI is InChI=1S/C17H22N2O2/c1-13(20)12-21-17-14-6-5-9-18-15(14)7-8-16(17)19-10-3-2-4-11-19/h5-9,13,20H,2-4,10-12H2,1H3. The Morgan fingerprint density at radius 3 is 2.81 bits per heavy atom. The summed E-state index contributed by atoms with van der Waals surface area (Å²) in [6, 6.07) is 8.11. The lowest BCUT2D eigenvalue weighted by Gasteiger charge is -2.30. The summed E-state index contributed by atoms with van der Waals surface area (Å²) in [4.78, 5) is 6.78. The minimum absolute atomic E-state index is 0.300. The number of anilines is 1. The molecule has 2 aromatic rings. The van der Waals surface area contributed by atoms with Gasteiger partial charge in [0.2, 0.25) is 0 Å². The molecule has 0 bridgehead atoms. The highest BCUT2D eigenvalue weighted by Crippen LogP contribution is 2.36. The highest BCUT2D eigenvalue weighted by Gasteiger charge is 2.18. The summed E-state index contributed by atoms with van der Waals surface area (Å²) in [5.74, 6) is 0.850. The van der Waals surface area contributed by atoms with Crippen molar-refractivity contribution in [1.29, 1.82) is 0 Å². The van der Waals surface area contributed by atoms with Gasteiger partial charge in [-0.2, -0.15) is 0 Å². The first-order valence-electron chi connectivity index (χ1n) is 7.69. The van der Waals surface area contributed by atoms with E-state index < -0.39 is 6.10 Å². The Labute approximate surface area is 125 Å². The molecule has 0 saturated carbocycles. The highest BCUT2D eigenvalue weighted by molar-refractivity contribution is 5.91. The molecule has 2 heterocycles. The predicted molar refractivity (Wildman–Crippen MR) is 85.0 cm³/mol. The van der Waals surface area contributed by atoms with Gasteiger partial charge in [0.05, 0.1) is 17.3 Å². The highest BCUT2D eigenvalue weighted by atomic mass is 16.5. The lowest BCUT2D eigenvalue weighted by atomic mass is 10.1. The van der Waals surface area contributed by atoms with Gasteiger partial charge in [-0.05, 0) is 50.5 Å². The van der Waals surface area contributed by atoms with Crippen molar-refractivity contribution >= 4 is 16.6 Å². The first-order valence-corrected chi connectivity index (χ1v) is 7.69. The number of pyridine rings is 1.